The molecule has 16 heavy (non-hydrogen) atoms. The third kappa shape index (κ3) is 2.39. The molecule has 0 aliphatic carbocycles. The molecule has 0 spiro atoms. The highest BCUT2D eigenvalue weighted by Crippen LogP contribution is 2.19. The first kappa shape index (κ1) is 10.7. The molecule has 1 heterocycles. The number of carbonyl (C=O) groups is 1. The third-order valence-electron chi connectivity index (χ3n) is 2.30. The van der Waals surface area contributed by atoms with E-state index >= 15 is 0 Å². The maximum Gasteiger partial charge on any atom is 0.192 e. The molecule has 0 aliphatic rings. The number of rotatable bonds is 4. The van der Waals surface area contributed by atoms with E-state index in [1.165, 1.54) is 0 Å². The monoisotopic (exact) mass is 218 g/mol. The van der Waals surface area contributed by atoms with Crippen LogP contribution in [0.15, 0.2) is 22.6 Å². The van der Waals surface area contributed by atoms with Crippen molar-refractivity contribution in [3.63, 3.8) is 0 Å². The van der Waals surface area contributed by atoms with E-state index in [9.17, 15) is 4.79 Å². The number of hydrogen-bond donors (Lipinski definition) is 1. The lowest BCUT2D eigenvalue weighted by Crippen LogP contribution is -2.05. The van der Waals surface area contributed by atoms with Crippen LogP contribution in [0.2, 0.25) is 0 Å². The molecule has 0 saturated heterocycles. The number of carbonyl (C=O) groups excluding carboxylic acids is 1. The van der Waals surface area contributed by atoms with Crippen molar-refractivity contribution in [1.29, 1.82) is 0 Å². The summed E-state index contributed by atoms with van der Waals surface area (Å²) in [7, 11) is 0. The largest absolute Gasteiger partial charge is 0.441 e. The fourth-order valence-corrected chi connectivity index (χ4v) is 1.53. The van der Waals surface area contributed by atoms with Gasteiger partial charge in [0.1, 0.15) is 11.3 Å². The molecule has 1 aromatic heterocycles. The van der Waals surface area contributed by atoms with Gasteiger partial charge < -0.3 is 9.73 Å². The number of ketones is 1. The van der Waals surface area contributed by atoms with Crippen molar-refractivity contribution >= 4 is 22.6 Å². The number of benzene rings is 1. The Kier molecular flexibility index (Phi) is 2.90. The molecule has 2 rings (SSSR count). The summed E-state index contributed by atoms with van der Waals surface area (Å²) in [5, 5.41) is 3.17. The van der Waals surface area contributed by atoms with Gasteiger partial charge in [0.2, 0.25) is 0 Å². The average Bonchev–Trinajstić information content (AvgIpc) is 2.56. The van der Waals surface area contributed by atoms with Crippen LogP contribution >= 0.6 is 0 Å². The molecule has 84 valence electrons. The minimum absolute atomic E-state index is 0.184. The van der Waals surface area contributed by atoms with Crippen LogP contribution < -0.4 is 5.32 Å². The van der Waals surface area contributed by atoms with E-state index in [-0.39, 0.29) is 5.78 Å². The highest BCUT2D eigenvalue weighted by Gasteiger charge is 2.02. The Labute approximate surface area is 93.7 Å². The zero-order chi connectivity index (χ0) is 11.5. The normalized spacial score (nSPS) is 10.6. The Morgan fingerprint density at radius 1 is 1.50 bits per heavy atom. The quantitative estimate of drug-likeness (QED) is 0.856. The number of aromatic nitrogens is 1. The van der Waals surface area contributed by atoms with Gasteiger partial charge in [-0.15, -0.1) is 0 Å². The number of fused-ring (bicyclic) bond motifs is 1. The highest BCUT2D eigenvalue weighted by atomic mass is 16.3. The van der Waals surface area contributed by atoms with Crippen molar-refractivity contribution in [3.8, 4) is 0 Å². The predicted molar refractivity (Wildman–Crippen MR) is 62.5 cm³/mol. The highest BCUT2D eigenvalue weighted by molar-refractivity contribution is 5.78. The van der Waals surface area contributed by atoms with Crippen LogP contribution in [-0.4, -0.2) is 17.3 Å². The molecule has 0 bridgehead atoms. The van der Waals surface area contributed by atoms with Crippen molar-refractivity contribution in [2.75, 3.05) is 11.9 Å². The van der Waals surface area contributed by atoms with Crippen LogP contribution in [-0.2, 0) is 4.79 Å². The second-order valence-corrected chi connectivity index (χ2v) is 3.79. The SMILES string of the molecule is CC(=O)CCNc1ccc2nc(C)oc2c1. The lowest BCUT2D eigenvalue weighted by atomic mass is 10.2. The Morgan fingerprint density at radius 2 is 2.31 bits per heavy atom. The molecular formula is C12H14N2O2. The molecule has 0 amide bonds. The zero-order valence-corrected chi connectivity index (χ0v) is 9.41. The van der Waals surface area contributed by atoms with Crippen LogP contribution in [0, 0.1) is 6.92 Å². The van der Waals surface area contributed by atoms with Crippen LogP contribution in [0.25, 0.3) is 11.1 Å². The smallest absolute Gasteiger partial charge is 0.192 e. The van der Waals surface area contributed by atoms with E-state index in [1.54, 1.807) is 6.92 Å². The fraction of sp³-hybridized carbons (Fsp3) is 0.333. The van der Waals surface area contributed by atoms with Gasteiger partial charge in [0, 0.05) is 31.6 Å². The van der Waals surface area contributed by atoms with Crippen LogP contribution in [0.4, 0.5) is 5.69 Å². The molecule has 0 saturated carbocycles. The van der Waals surface area contributed by atoms with Gasteiger partial charge in [-0.25, -0.2) is 4.98 Å². The van der Waals surface area contributed by atoms with Crippen LogP contribution in [0.3, 0.4) is 0 Å². The minimum Gasteiger partial charge on any atom is -0.441 e. The second kappa shape index (κ2) is 4.35. The van der Waals surface area contributed by atoms with Crippen LogP contribution in [0.1, 0.15) is 19.2 Å². The van der Waals surface area contributed by atoms with Gasteiger partial charge in [0.05, 0.1) is 0 Å². The van der Waals surface area contributed by atoms with Gasteiger partial charge in [-0.3, -0.25) is 4.79 Å². The Morgan fingerprint density at radius 3 is 3.06 bits per heavy atom. The zero-order valence-electron chi connectivity index (χ0n) is 9.41. The van der Waals surface area contributed by atoms with Gasteiger partial charge in [0.25, 0.3) is 0 Å². The predicted octanol–water partition coefficient (Wildman–Crippen LogP) is 2.53. The molecule has 1 aromatic carbocycles. The molecule has 4 heteroatoms. The lowest BCUT2D eigenvalue weighted by Gasteiger charge is -2.03. The summed E-state index contributed by atoms with van der Waals surface area (Å²) in [6.45, 7) is 4.06. The number of anilines is 1. The summed E-state index contributed by atoms with van der Waals surface area (Å²) in [6.07, 6.45) is 0.535. The summed E-state index contributed by atoms with van der Waals surface area (Å²) in [5.41, 5.74) is 2.57. The number of aryl methyl sites for hydroxylation is 1. The van der Waals surface area contributed by atoms with Crippen molar-refractivity contribution in [1.82, 2.24) is 4.98 Å². The number of oxazole rings is 1. The number of Topliss-reactive ketones (excluding diaryl/α,β-unsaturated/α-hetero) is 1. The molecule has 1 N–H and O–H groups in total. The molecule has 0 unspecified atom stereocenters. The van der Waals surface area contributed by atoms with E-state index in [0.717, 1.165) is 16.8 Å². The summed E-state index contributed by atoms with van der Waals surface area (Å²) < 4.78 is 5.42. The summed E-state index contributed by atoms with van der Waals surface area (Å²) >= 11 is 0. The first-order chi connectivity index (χ1) is 7.65. The van der Waals surface area contributed by atoms with Crippen LogP contribution in [0.5, 0.6) is 0 Å². The summed E-state index contributed by atoms with van der Waals surface area (Å²) in [4.78, 5) is 15.0. The minimum atomic E-state index is 0.184. The second-order valence-electron chi connectivity index (χ2n) is 3.79. The van der Waals surface area contributed by atoms with E-state index in [4.69, 9.17) is 4.42 Å². The molecule has 0 atom stereocenters. The van der Waals surface area contributed by atoms with E-state index < -0.39 is 0 Å². The Hall–Kier alpha value is -1.84. The van der Waals surface area contributed by atoms with Gasteiger partial charge >= 0.3 is 0 Å². The fourth-order valence-electron chi connectivity index (χ4n) is 1.53. The molecule has 0 aliphatic heterocycles. The molecule has 4 nitrogen and oxygen atoms in total. The standard InChI is InChI=1S/C12H14N2O2/c1-8(15)5-6-13-10-3-4-11-12(7-10)16-9(2)14-11/h3-4,7,13H,5-6H2,1-2H3. The summed E-state index contributed by atoms with van der Waals surface area (Å²) in [6, 6.07) is 5.74. The van der Waals surface area contributed by atoms with E-state index in [2.05, 4.69) is 10.3 Å². The van der Waals surface area contributed by atoms with Gasteiger partial charge in [0.15, 0.2) is 11.5 Å². The van der Waals surface area contributed by atoms with Gasteiger partial charge in [-0.05, 0) is 19.1 Å². The molecular weight excluding hydrogens is 204 g/mol. The average molecular weight is 218 g/mol. The maximum absolute atomic E-state index is 10.8. The number of nitrogens with one attached hydrogen (secondary N) is 1. The molecule has 2 aromatic rings. The number of nitrogens with zero attached hydrogens (tertiary/aromatic N) is 1. The number of hydrogen-bond acceptors (Lipinski definition) is 4. The van der Waals surface area contributed by atoms with Gasteiger partial charge in [-0.2, -0.15) is 0 Å². The Balaban J connectivity index is 2.10. The maximum atomic E-state index is 10.8. The van der Waals surface area contributed by atoms with Crippen molar-refractivity contribution < 1.29 is 9.21 Å². The lowest BCUT2D eigenvalue weighted by molar-refractivity contribution is -0.116. The van der Waals surface area contributed by atoms with Crippen molar-refractivity contribution in [2.24, 2.45) is 0 Å². The summed E-state index contributed by atoms with van der Waals surface area (Å²) in [5.74, 6) is 0.847. The Bertz CT molecular complexity index is 517. The first-order valence-electron chi connectivity index (χ1n) is 5.25. The van der Waals surface area contributed by atoms with E-state index in [1.807, 2.05) is 25.1 Å². The van der Waals surface area contributed by atoms with Gasteiger partial charge in [-0.1, -0.05) is 0 Å². The molecule has 0 radical (unpaired) electrons. The van der Waals surface area contributed by atoms with Crippen molar-refractivity contribution in [3.05, 3.63) is 24.1 Å². The van der Waals surface area contributed by atoms with E-state index in [0.29, 0.717) is 18.9 Å². The molecule has 0 fully saturated rings. The topological polar surface area (TPSA) is 55.1 Å². The van der Waals surface area contributed by atoms with Crippen molar-refractivity contribution in [2.45, 2.75) is 20.3 Å². The first-order valence-corrected chi connectivity index (χ1v) is 5.25. The third-order valence-corrected chi connectivity index (χ3v) is 2.30.